The summed E-state index contributed by atoms with van der Waals surface area (Å²) in [6, 6.07) is 5.41. The lowest BCUT2D eigenvalue weighted by molar-refractivity contribution is -0.124. The zero-order valence-electron chi connectivity index (χ0n) is 12.2. The highest BCUT2D eigenvalue weighted by Crippen LogP contribution is 2.25. The summed E-state index contributed by atoms with van der Waals surface area (Å²) in [7, 11) is 3.25. The van der Waals surface area contributed by atoms with E-state index in [1.807, 2.05) is 25.1 Å². The van der Waals surface area contributed by atoms with Crippen LogP contribution in [-0.4, -0.2) is 37.5 Å². The Bertz CT molecular complexity index is 505. The average Bonchev–Trinajstić information content (AvgIpc) is 2.42. The molecule has 0 radical (unpaired) electrons. The number of rotatable bonds is 4. The molecular formula is C14H20BrN3O2. The van der Waals surface area contributed by atoms with Crippen molar-refractivity contribution in [3.63, 3.8) is 0 Å². The van der Waals surface area contributed by atoms with Crippen molar-refractivity contribution >= 4 is 33.6 Å². The number of amides is 3. The largest absolute Gasteiger partial charge is 0.359 e. The summed E-state index contributed by atoms with van der Waals surface area (Å²) in [6.07, 6.45) is 0. The zero-order valence-corrected chi connectivity index (χ0v) is 13.7. The minimum atomic E-state index is -0.253. The Morgan fingerprint density at radius 3 is 2.65 bits per heavy atom. The number of hydrogen-bond donors (Lipinski definition) is 2. The number of nitrogens with one attached hydrogen (secondary N) is 2. The Labute approximate surface area is 127 Å². The topological polar surface area (TPSA) is 61.4 Å². The first-order valence-electron chi connectivity index (χ1n) is 6.35. The van der Waals surface area contributed by atoms with Crippen molar-refractivity contribution in [3.05, 3.63) is 28.2 Å². The fourth-order valence-corrected chi connectivity index (χ4v) is 2.14. The number of hydrogen-bond acceptors (Lipinski definition) is 2. The molecule has 0 aromatic heterocycles. The molecule has 1 rings (SSSR count). The maximum atomic E-state index is 12.1. The van der Waals surface area contributed by atoms with Gasteiger partial charge in [-0.2, -0.15) is 0 Å². The number of carbonyl (C=O) groups excluding carboxylic acids is 2. The number of anilines is 1. The monoisotopic (exact) mass is 341 g/mol. The molecule has 1 atom stereocenters. The van der Waals surface area contributed by atoms with E-state index in [2.05, 4.69) is 26.6 Å². The first kappa shape index (κ1) is 16.5. The van der Waals surface area contributed by atoms with E-state index in [-0.39, 0.29) is 17.9 Å². The van der Waals surface area contributed by atoms with E-state index in [1.165, 1.54) is 4.90 Å². The average molecular weight is 342 g/mol. The predicted molar refractivity (Wildman–Crippen MR) is 83.8 cm³/mol. The lowest BCUT2D eigenvalue weighted by Crippen LogP contribution is -2.39. The normalized spacial score (nSPS) is 11.7. The summed E-state index contributed by atoms with van der Waals surface area (Å²) < 4.78 is 0.862. The van der Waals surface area contributed by atoms with Gasteiger partial charge in [-0.05, 0) is 34.5 Å². The molecular weight excluding hydrogens is 322 g/mol. The van der Waals surface area contributed by atoms with Gasteiger partial charge in [0.25, 0.3) is 0 Å². The van der Waals surface area contributed by atoms with Gasteiger partial charge in [0, 0.05) is 25.1 Å². The van der Waals surface area contributed by atoms with Gasteiger partial charge in [0.2, 0.25) is 5.91 Å². The number of benzene rings is 1. The lowest BCUT2D eigenvalue weighted by Gasteiger charge is -2.21. The molecule has 6 heteroatoms. The maximum Gasteiger partial charge on any atom is 0.321 e. The zero-order chi connectivity index (χ0) is 15.3. The van der Waals surface area contributed by atoms with Crippen LogP contribution in [0.3, 0.4) is 0 Å². The Hall–Kier alpha value is -1.56. The number of halogens is 1. The van der Waals surface area contributed by atoms with Crippen LogP contribution in [0.15, 0.2) is 22.7 Å². The Morgan fingerprint density at radius 1 is 1.40 bits per heavy atom. The molecule has 0 spiro atoms. The lowest BCUT2D eigenvalue weighted by atomic mass is 10.1. The van der Waals surface area contributed by atoms with Gasteiger partial charge in [-0.25, -0.2) is 4.79 Å². The number of nitrogens with zero attached hydrogens (tertiary/aromatic N) is 1. The van der Waals surface area contributed by atoms with Crippen molar-refractivity contribution < 1.29 is 9.59 Å². The molecule has 5 nitrogen and oxygen atoms in total. The van der Waals surface area contributed by atoms with Crippen LogP contribution in [0.1, 0.15) is 12.5 Å². The molecule has 3 amide bonds. The van der Waals surface area contributed by atoms with Crippen molar-refractivity contribution in [1.29, 1.82) is 0 Å². The van der Waals surface area contributed by atoms with Crippen LogP contribution < -0.4 is 10.6 Å². The van der Waals surface area contributed by atoms with Gasteiger partial charge in [0.05, 0.1) is 11.6 Å². The summed E-state index contributed by atoms with van der Waals surface area (Å²) >= 11 is 3.45. The summed E-state index contributed by atoms with van der Waals surface area (Å²) in [5.74, 6) is -0.335. The Kier molecular flexibility index (Phi) is 6.01. The van der Waals surface area contributed by atoms with E-state index in [1.54, 1.807) is 21.0 Å². The third kappa shape index (κ3) is 4.23. The maximum absolute atomic E-state index is 12.1. The van der Waals surface area contributed by atoms with E-state index in [4.69, 9.17) is 0 Å². The van der Waals surface area contributed by atoms with Crippen LogP contribution in [0, 0.1) is 12.8 Å². The Morgan fingerprint density at radius 2 is 2.05 bits per heavy atom. The van der Waals surface area contributed by atoms with E-state index >= 15 is 0 Å². The summed E-state index contributed by atoms with van der Waals surface area (Å²) in [5, 5.41) is 5.39. The second-order valence-corrected chi connectivity index (χ2v) is 5.56. The van der Waals surface area contributed by atoms with Crippen molar-refractivity contribution in [2.75, 3.05) is 26.0 Å². The van der Waals surface area contributed by atoms with E-state index in [0.717, 1.165) is 15.7 Å². The fraction of sp³-hybridized carbons (Fsp3) is 0.429. The molecule has 0 fully saturated rings. The molecule has 1 aromatic carbocycles. The van der Waals surface area contributed by atoms with Gasteiger partial charge in [-0.1, -0.05) is 19.1 Å². The minimum Gasteiger partial charge on any atom is -0.359 e. The highest BCUT2D eigenvalue weighted by Gasteiger charge is 2.17. The fourth-order valence-electron chi connectivity index (χ4n) is 1.78. The molecule has 0 aliphatic rings. The highest BCUT2D eigenvalue weighted by atomic mass is 79.9. The van der Waals surface area contributed by atoms with Gasteiger partial charge < -0.3 is 15.5 Å². The molecule has 0 bridgehead atoms. The molecule has 0 saturated heterocycles. The van der Waals surface area contributed by atoms with Gasteiger partial charge in [-0.15, -0.1) is 0 Å². The van der Waals surface area contributed by atoms with Crippen molar-refractivity contribution in [3.8, 4) is 0 Å². The predicted octanol–water partition coefficient (Wildman–Crippen LogP) is 2.60. The molecule has 20 heavy (non-hydrogen) atoms. The van der Waals surface area contributed by atoms with Gasteiger partial charge in [0.15, 0.2) is 0 Å². The summed E-state index contributed by atoms with van der Waals surface area (Å²) in [6.45, 7) is 4.09. The standard InChI is InChI=1S/C14H20BrN3O2/c1-9-6-5-7-11(12(9)15)17-14(20)18(4)8-10(2)13(19)16-3/h5-7,10H,8H2,1-4H3,(H,16,19)(H,17,20)/t10-/m0/s1. The van der Waals surface area contributed by atoms with E-state index in [9.17, 15) is 9.59 Å². The third-order valence-corrected chi connectivity index (χ3v) is 4.07. The third-order valence-electron chi connectivity index (χ3n) is 3.02. The van der Waals surface area contributed by atoms with E-state index < -0.39 is 0 Å². The number of carbonyl (C=O) groups is 2. The van der Waals surface area contributed by atoms with Crippen LogP contribution in [-0.2, 0) is 4.79 Å². The number of aryl methyl sites for hydroxylation is 1. The molecule has 0 heterocycles. The molecule has 2 N–H and O–H groups in total. The molecule has 0 aliphatic heterocycles. The minimum absolute atomic E-state index is 0.0820. The SMILES string of the molecule is CNC(=O)[C@@H](C)CN(C)C(=O)Nc1cccc(C)c1Br. The van der Waals surface area contributed by atoms with Crippen LogP contribution in [0.5, 0.6) is 0 Å². The second kappa shape index (κ2) is 7.28. The first-order chi connectivity index (χ1) is 9.36. The second-order valence-electron chi connectivity index (χ2n) is 4.76. The highest BCUT2D eigenvalue weighted by molar-refractivity contribution is 9.10. The molecule has 110 valence electrons. The van der Waals surface area contributed by atoms with Crippen LogP contribution in [0.25, 0.3) is 0 Å². The van der Waals surface area contributed by atoms with Crippen LogP contribution in [0.4, 0.5) is 10.5 Å². The summed E-state index contributed by atoms with van der Waals surface area (Å²) in [5.41, 5.74) is 1.76. The van der Waals surface area contributed by atoms with Crippen LogP contribution >= 0.6 is 15.9 Å². The molecule has 0 unspecified atom stereocenters. The van der Waals surface area contributed by atoms with Gasteiger partial charge >= 0.3 is 6.03 Å². The Balaban J connectivity index is 2.66. The van der Waals surface area contributed by atoms with Crippen LogP contribution in [0.2, 0.25) is 0 Å². The van der Waals surface area contributed by atoms with Gasteiger partial charge in [0.1, 0.15) is 0 Å². The molecule has 1 aromatic rings. The molecule has 0 saturated carbocycles. The first-order valence-corrected chi connectivity index (χ1v) is 7.15. The summed E-state index contributed by atoms with van der Waals surface area (Å²) in [4.78, 5) is 25.0. The van der Waals surface area contributed by atoms with Gasteiger partial charge in [-0.3, -0.25) is 4.79 Å². The van der Waals surface area contributed by atoms with Crippen molar-refractivity contribution in [1.82, 2.24) is 10.2 Å². The quantitative estimate of drug-likeness (QED) is 0.884. The smallest absolute Gasteiger partial charge is 0.321 e. The van der Waals surface area contributed by atoms with E-state index in [0.29, 0.717) is 6.54 Å². The number of urea groups is 1. The van der Waals surface area contributed by atoms with Crippen molar-refractivity contribution in [2.24, 2.45) is 5.92 Å². The van der Waals surface area contributed by atoms with Crippen molar-refractivity contribution in [2.45, 2.75) is 13.8 Å². The molecule has 0 aliphatic carbocycles.